The van der Waals surface area contributed by atoms with Gasteiger partial charge in [-0.25, -0.2) is 4.79 Å². The van der Waals surface area contributed by atoms with Crippen molar-refractivity contribution in [1.82, 2.24) is 4.90 Å². The normalized spacial score (nSPS) is 26.5. The number of carbonyl (C=O) groups is 1. The van der Waals surface area contributed by atoms with Crippen LogP contribution in [0.3, 0.4) is 0 Å². The summed E-state index contributed by atoms with van der Waals surface area (Å²) in [5, 5.41) is 9.95. The first-order valence-corrected chi connectivity index (χ1v) is 6.88. The van der Waals surface area contributed by atoms with Crippen LogP contribution in [0.5, 0.6) is 0 Å². The van der Waals surface area contributed by atoms with Crippen molar-refractivity contribution in [3.05, 3.63) is 35.9 Å². The number of amides is 1. The van der Waals surface area contributed by atoms with Gasteiger partial charge < -0.3 is 14.7 Å². The first kappa shape index (κ1) is 12.5. The SMILES string of the molecule is O=C(OCc1ccccc1)N1CC(O)C(C2CC2)C1. The fourth-order valence-electron chi connectivity index (χ4n) is 2.76. The van der Waals surface area contributed by atoms with Crippen LogP contribution in [0.1, 0.15) is 18.4 Å². The second kappa shape index (κ2) is 5.21. The van der Waals surface area contributed by atoms with Gasteiger partial charge in [-0.3, -0.25) is 0 Å². The predicted octanol–water partition coefficient (Wildman–Crippen LogP) is 2.03. The molecule has 0 spiro atoms. The highest BCUT2D eigenvalue weighted by Crippen LogP contribution is 2.41. The number of hydrogen-bond donors (Lipinski definition) is 1. The first-order chi connectivity index (χ1) is 9.24. The smallest absolute Gasteiger partial charge is 0.410 e. The van der Waals surface area contributed by atoms with Gasteiger partial charge in [0.15, 0.2) is 0 Å². The van der Waals surface area contributed by atoms with Crippen LogP contribution in [0.2, 0.25) is 0 Å². The molecular formula is C15H19NO3. The van der Waals surface area contributed by atoms with Gasteiger partial charge >= 0.3 is 6.09 Å². The van der Waals surface area contributed by atoms with Gasteiger partial charge in [-0.2, -0.15) is 0 Å². The van der Waals surface area contributed by atoms with Gasteiger partial charge in [0.1, 0.15) is 6.61 Å². The third-order valence-electron chi connectivity index (χ3n) is 4.02. The maximum atomic E-state index is 11.9. The van der Waals surface area contributed by atoms with E-state index in [0.717, 1.165) is 5.56 Å². The Balaban J connectivity index is 1.51. The third kappa shape index (κ3) is 2.89. The number of carbonyl (C=O) groups excluding carboxylic acids is 1. The summed E-state index contributed by atoms with van der Waals surface area (Å²) in [5.41, 5.74) is 0.981. The molecular weight excluding hydrogens is 242 g/mol. The number of aliphatic hydroxyl groups excluding tert-OH is 1. The van der Waals surface area contributed by atoms with Crippen LogP contribution in [0, 0.1) is 11.8 Å². The Hall–Kier alpha value is -1.55. The van der Waals surface area contributed by atoms with Crippen LogP contribution in [0.25, 0.3) is 0 Å². The Morgan fingerprint density at radius 3 is 2.68 bits per heavy atom. The van der Waals surface area contributed by atoms with E-state index < -0.39 is 0 Å². The van der Waals surface area contributed by atoms with E-state index >= 15 is 0 Å². The number of likely N-dealkylation sites (tertiary alicyclic amines) is 1. The molecule has 4 nitrogen and oxygen atoms in total. The molecule has 4 heteroatoms. The number of β-amino-alcohol motifs (C(OH)–C–C–N with tert-alkyl or cyclic N) is 1. The summed E-state index contributed by atoms with van der Waals surface area (Å²) in [6, 6.07) is 9.64. The van der Waals surface area contributed by atoms with Crippen LogP contribution >= 0.6 is 0 Å². The lowest BCUT2D eigenvalue weighted by atomic mass is 10.0. The number of ether oxygens (including phenoxy) is 1. The molecule has 0 bridgehead atoms. The molecule has 2 atom stereocenters. The Morgan fingerprint density at radius 1 is 1.26 bits per heavy atom. The molecule has 1 aliphatic carbocycles. The summed E-state index contributed by atoms with van der Waals surface area (Å²) in [7, 11) is 0. The molecule has 1 aromatic carbocycles. The first-order valence-electron chi connectivity index (χ1n) is 6.88. The van der Waals surface area contributed by atoms with Crippen molar-refractivity contribution >= 4 is 6.09 Å². The molecule has 102 valence electrons. The Morgan fingerprint density at radius 2 is 2.00 bits per heavy atom. The molecule has 1 aromatic rings. The van der Waals surface area contributed by atoms with Gasteiger partial charge in [-0.05, 0) is 24.3 Å². The van der Waals surface area contributed by atoms with Crippen molar-refractivity contribution in [2.45, 2.75) is 25.6 Å². The summed E-state index contributed by atoms with van der Waals surface area (Å²) in [6.45, 7) is 1.34. The maximum Gasteiger partial charge on any atom is 0.410 e. The minimum atomic E-state index is -0.378. The number of aliphatic hydroxyl groups is 1. The molecule has 0 radical (unpaired) electrons. The van der Waals surface area contributed by atoms with Crippen molar-refractivity contribution in [3.63, 3.8) is 0 Å². The molecule has 1 saturated heterocycles. The lowest BCUT2D eigenvalue weighted by Gasteiger charge is -2.15. The molecule has 1 heterocycles. The Kier molecular flexibility index (Phi) is 3.42. The minimum Gasteiger partial charge on any atom is -0.445 e. The second-order valence-corrected chi connectivity index (χ2v) is 5.51. The second-order valence-electron chi connectivity index (χ2n) is 5.51. The van der Waals surface area contributed by atoms with Crippen LogP contribution < -0.4 is 0 Å². The lowest BCUT2D eigenvalue weighted by Crippen LogP contribution is -2.30. The van der Waals surface area contributed by atoms with Crippen molar-refractivity contribution in [1.29, 1.82) is 0 Å². The average Bonchev–Trinajstić information content (AvgIpc) is 3.20. The molecule has 2 unspecified atom stereocenters. The highest BCUT2D eigenvalue weighted by Gasteiger charge is 2.43. The maximum absolute atomic E-state index is 11.9. The minimum absolute atomic E-state index is 0.254. The summed E-state index contributed by atoms with van der Waals surface area (Å²) < 4.78 is 5.28. The molecule has 0 aromatic heterocycles. The Labute approximate surface area is 113 Å². The van der Waals surface area contributed by atoms with Crippen LogP contribution in [-0.2, 0) is 11.3 Å². The summed E-state index contributed by atoms with van der Waals surface area (Å²) in [4.78, 5) is 13.6. The fourth-order valence-corrected chi connectivity index (χ4v) is 2.76. The molecule has 1 saturated carbocycles. The quantitative estimate of drug-likeness (QED) is 0.905. The summed E-state index contributed by atoms with van der Waals surface area (Å²) in [6.07, 6.45) is 1.69. The van der Waals surface area contributed by atoms with E-state index in [1.165, 1.54) is 12.8 Å². The molecule has 1 aliphatic heterocycles. The topological polar surface area (TPSA) is 49.8 Å². The molecule has 2 aliphatic rings. The standard InChI is InChI=1S/C15H19NO3/c17-14-9-16(8-13(14)12-6-7-12)15(18)19-10-11-4-2-1-3-5-11/h1-5,12-14,17H,6-10H2. The van der Waals surface area contributed by atoms with Crippen molar-refractivity contribution in [3.8, 4) is 0 Å². The predicted molar refractivity (Wildman–Crippen MR) is 70.4 cm³/mol. The zero-order valence-corrected chi connectivity index (χ0v) is 10.9. The summed E-state index contributed by atoms with van der Waals surface area (Å²) >= 11 is 0. The van der Waals surface area contributed by atoms with Gasteiger partial charge in [0.05, 0.1) is 12.6 Å². The molecule has 3 rings (SSSR count). The number of nitrogens with zero attached hydrogens (tertiary/aromatic N) is 1. The van der Waals surface area contributed by atoms with E-state index in [-0.39, 0.29) is 18.1 Å². The third-order valence-corrected chi connectivity index (χ3v) is 4.02. The van der Waals surface area contributed by atoms with Crippen molar-refractivity contribution in [2.24, 2.45) is 11.8 Å². The van der Waals surface area contributed by atoms with Crippen molar-refractivity contribution < 1.29 is 14.6 Å². The van der Waals surface area contributed by atoms with E-state index in [1.807, 2.05) is 30.3 Å². The number of hydrogen-bond acceptors (Lipinski definition) is 3. The number of benzene rings is 1. The van der Waals surface area contributed by atoms with E-state index in [2.05, 4.69) is 0 Å². The molecule has 19 heavy (non-hydrogen) atoms. The number of rotatable bonds is 3. The van der Waals surface area contributed by atoms with E-state index in [4.69, 9.17) is 4.74 Å². The monoisotopic (exact) mass is 261 g/mol. The van der Waals surface area contributed by atoms with Gasteiger partial charge in [0.25, 0.3) is 0 Å². The largest absolute Gasteiger partial charge is 0.445 e. The highest BCUT2D eigenvalue weighted by molar-refractivity contribution is 5.68. The molecule has 2 fully saturated rings. The van der Waals surface area contributed by atoms with E-state index in [9.17, 15) is 9.90 Å². The summed E-state index contributed by atoms with van der Waals surface area (Å²) in [5.74, 6) is 0.867. The van der Waals surface area contributed by atoms with E-state index in [0.29, 0.717) is 25.6 Å². The van der Waals surface area contributed by atoms with Gasteiger partial charge in [0.2, 0.25) is 0 Å². The average molecular weight is 261 g/mol. The van der Waals surface area contributed by atoms with Crippen LogP contribution in [0.15, 0.2) is 30.3 Å². The van der Waals surface area contributed by atoms with Crippen LogP contribution in [0.4, 0.5) is 4.79 Å². The van der Waals surface area contributed by atoms with Crippen LogP contribution in [-0.4, -0.2) is 35.3 Å². The van der Waals surface area contributed by atoms with Crippen molar-refractivity contribution in [2.75, 3.05) is 13.1 Å². The zero-order valence-electron chi connectivity index (χ0n) is 10.9. The van der Waals surface area contributed by atoms with Gasteiger partial charge in [0, 0.05) is 12.5 Å². The lowest BCUT2D eigenvalue weighted by molar-refractivity contribution is 0.0964. The molecule has 1 N–H and O–H groups in total. The van der Waals surface area contributed by atoms with Gasteiger partial charge in [-0.1, -0.05) is 30.3 Å². The molecule has 1 amide bonds. The Bertz CT molecular complexity index is 444. The van der Waals surface area contributed by atoms with Gasteiger partial charge in [-0.15, -0.1) is 0 Å². The van der Waals surface area contributed by atoms with E-state index in [1.54, 1.807) is 4.90 Å². The zero-order chi connectivity index (χ0) is 13.2. The highest BCUT2D eigenvalue weighted by atomic mass is 16.6. The fraction of sp³-hybridized carbons (Fsp3) is 0.533.